The molecule has 5 atom stereocenters. The second kappa shape index (κ2) is 13.8. The van der Waals surface area contributed by atoms with E-state index in [9.17, 15) is 34.5 Å². The van der Waals surface area contributed by atoms with Crippen LogP contribution in [0.25, 0.3) is 0 Å². The number of phenols is 1. The van der Waals surface area contributed by atoms with Crippen LogP contribution in [0.3, 0.4) is 0 Å². The molecule has 200 valence electrons. The molecule has 36 heavy (non-hydrogen) atoms. The number of aliphatic carboxylic acids is 1. The maximum Gasteiger partial charge on any atom is 0.326 e. The van der Waals surface area contributed by atoms with Crippen molar-refractivity contribution >= 4 is 23.7 Å². The molecule has 12 nitrogen and oxygen atoms in total. The van der Waals surface area contributed by atoms with Gasteiger partial charge in [-0.25, -0.2) is 4.79 Å². The minimum Gasteiger partial charge on any atom is -0.508 e. The number of nitrogens with two attached hydrogens (primary N) is 2. The molecule has 9 N–H and O–H groups in total. The number of carboxylic acid groups (broad SMARTS) is 1. The molecule has 1 heterocycles. The number of aromatic hydroxyl groups is 1. The number of carbonyl (C=O) groups is 4. The number of amides is 3. The Hall–Kier alpha value is -3.22. The topological polar surface area (TPSA) is 208 Å². The highest BCUT2D eigenvalue weighted by atomic mass is 16.4. The van der Waals surface area contributed by atoms with Gasteiger partial charge in [-0.05, 0) is 63.3 Å². The predicted octanol–water partition coefficient (Wildman–Crippen LogP) is -1.18. The van der Waals surface area contributed by atoms with Crippen LogP contribution < -0.4 is 22.1 Å². The van der Waals surface area contributed by atoms with E-state index in [4.69, 9.17) is 11.5 Å². The molecular weight excluding hydrogens is 470 g/mol. The quantitative estimate of drug-likeness (QED) is 0.160. The van der Waals surface area contributed by atoms with Crippen molar-refractivity contribution in [2.45, 2.75) is 75.7 Å². The first kappa shape index (κ1) is 29.0. The maximum absolute atomic E-state index is 13.3. The van der Waals surface area contributed by atoms with E-state index in [1.165, 1.54) is 24.0 Å². The van der Waals surface area contributed by atoms with Crippen molar-refractivity contribution in [3.63, 3.8) is 0 Å². The molecule has 12 heteroatoms. The Bertz CT molecular complexity index is 909. The molecule has 1 aliphatic rings. The fourth-order valence-corrected chi connectivity index (χ4v) is 4.07. The maximum atomic E-state index is 13.3. The Morgan fingerprint density at radius 3 is 2.31 bits per heavy atom. The number of rotatable bonds is 13. The van der Waals surface area contributed by atoms with Gasteiger partial charge in [-0.1, -0.05) is 12.1 Å². The molecular formula is C24H37N5O7. The van der Waals surface area contributed by atoms with E-state index in [0.29, 0.717) is 37.8 Å². The van der Waals surface area contributed by atoms with E-state index >= 15 is 0 Å². The number of benzene rings is 1. The number of nitrogens with zero attached hydrogens (tertiary/aromatic N) is 1. The Morgan fingerprint density at radius 1 is 1.08 bits per heavy atom. The van der Waals surface area contributed by atoms with E-state index in [1.54, 1.807) is 12.1 Å². The summed E-state index contributed by atoms with van der Waals surface area (Å²) in [6, 6.07) is 1.66. The standard InChI is InChI=1S/C24H37N5O7/c1-14(30)20(26)22(33)28-18(13-15-7-9-16(31)10-8-15)21(32)27-17(5-2-3-11-25)23(34)29-12-4-6-19(29)24(35)36/h7-10,14,17-20,30-31H,2-6,11-13,25-26H2,1H3,(H,27,32)(H,28,33)(H,35,36). The van der Waals surface area contributed by atoms with Gasteiger partial charge in [-0.15, -0.1) is 0 Å². The Balaban J connectivity index is 2.25. The molecule has 5 unspecified atom stereocenters. The molecule has 3 amide bonds. The third kappa shape index (κ3) is 8.18. The van der Waals surface area contributed by atoms with Gasteiger partial charge in [0.25, 0.3) is 0 Å². The van der Waals surface area contributed by atoms with Crippen molar-refractivity contribution in [2.24, 2.45) is 11.5 Å². The fraction of sp³-hybridized carbons (Fsp3) is 0.583. The Kier molecular flexibility index (Phi) is 11.1. The fourth-order valence-electron chi connectivity index (χ4n) is 4.07. The van der Waals surface area contributed by atoms with Crippen LogP contribution >= 0.6 is 0 Å². The van der Waals surface area contributed by atoms with Gasteiger partial charge in [-0.3, -0.25) is 14.4 Å². The summed E-state index contributed by atoms with van der Waals surface area (Å²) in [4.78, 5) is 52.0. The molecule has 1 aromatic carbocycles. The summed E-state index contributed by atoms with van der Waals surface area (Å²) in [6.07, 6.45) is 1.13. The van der Waals surface area contributed by atoms with Crippen LogP contribution in [0.15, 0.2) is 24.3 Å². The lowest BCUT2D eigenvalue weighted by atomic mass is 10.0. The summed E-state index contributed by atoms with van der Waals surface area (Å²) in [5.74, 6) is -2.98. The van der Waals surface area contributed by atoms with Crippen LogP contribution in [-0.2, 0) is 25.6 Å². The summed E-state index contributed by atoms with van der Waals surface area (Å²) < 4.78 is 0. The number of unbranched alkanes of at least 4 members (excludes halogenated alkanes) is 1. The lowest BCUT2D eigenvalue weighted by molar-refractivity contribution is -0.149. The smallest absolute Gasteiger partial charge is 0.326 e. The number of likely N-dealkylation sites (tertiary alicyclic amines) is 1. The van der Waals surface area contributed by atoms with Gasteiger partial charge in [0.1, 0.15) is 29.9 Å². The van der Waals surface area contributed by atoms with Crippen LogP contribution in [0.5, 0.6) is 5.75 Å². The normalized spacial score (nSPS) is 18.7. The molecule has 1 aliphatic heterocycles. The van der Waals surface area contributed by atoms with E-state index in [2.05, 4.69) is 10.6 Å². The predicted molar refractivity (Wildman–Crippen MR) is 131 cm³/mol. The molecule has 0 saturated carbocycles. The molecule has 1 aromatic rings. The zero-order chi connectivity index (χ0) is 26.8. The number of aliphatic hydroxyl groups is 1. The molecule has 0 aliphatic carbocycles. The van der Waals surface area contributed by atoms with Crippen LogP contribution in [0.1, 0.15) is 44.6 Å². The van der Waals surface area contributed by atoms with Gasteiger partial charge >= 0.3 is 5.97 Å². The highest BCUT2D eigenvalue weighted by Crippen LogP contribution is 2.20. The number of carboxylic acids is 1. The largest absolute Gasteiger partial charge is 0.508 e. The van der Waals surface area contributed by atoms with Crippen molar-refractivity contribution < 1.29 is 34.5 Å². The number of hydrogen-bond donors (Lipinski definition) is 7. The Morgan fingerprint density at radius 2 is 1.72 bits per heavy atom. The Labute approximate surface area is 210 Å². The van der Waals surface area contributed by atoms with E-state index in [-0.39, 0.29) is 25.1 Å². The van der Waals surface area contributed by atoms with E-state index in [1.807, 2.05) is 0 Å². The van der Waals surface area contributed by atoms with Crippen LogP contribution in [-0.4, -0.2) is 87.3 Å². The van der Waals surface area contributed by atoms with Crippen molar-refractivity contribution in [1.82, 2.24) is 15.5 Å². The number of aliphatic hydroxyl groups excluding tert-OH is 1. The number of carbonyl (C=O) groups excluding carboxylic acids is 3. The van der Waals surface area contributed by atoms with Gasteiger partial charge in [0.15, 0.2) is 0 Å². The van der Waals surface area contributed by atoms with Gasteiger partial charge < -0.3 is 42.3 Å². The first-order valence-corrected chi connectivity index (χ1v) is 12.1. The monoisotopic (exact) mass is 507 g/mol. The number of hydrogen-bond acceptors (Lipinski definition) is 8. The zero-order valence-corrected chi connectivity index (χ0v) is 20.4. The lowest BCUT2D eigenvalue weighted by Crippen LogP contribution is -2.58. The van der Waals surface area contributed by atoms with Gasteiger partial charge in [0.2, 0.25) is 17.7 Å². The molecule has 0 spiro atoms. The summed E-state index contributed by atoms with van der Waals surface area (Å²) >= 11 is 0. The lowest BCUT2D eigenvalue weighted by Gasteiger charge is -2.29. The average Bonchev–Trinajstić information content (AvgIpc) is 3.33. The van der Waals surface area contributed by atoms with Crippen molar-refractivity contribution in [1.29, 1.82) is 0 Å². The summed E-state index contributed by atoms with van der Waals surface area (Å²) in [7, 11) is 0. The average molecular weight is 508 g/mol. The van der Waals surface area contributed by atoms with Crippen LogP contribution in [0.4, 0.5) is 0 Å². The highest BCUT2D eigenvalue weighted by Gasteiger charge is 2.38. The molecule has 1 saturated heterocycles. The van der Waals surface area contributed by atoms with Crippen molar-refractivity contribution in [3.8, 4) is 5.75 Å². The van der Waals surface area contributed by atoms with Crippen LogP contribution in [0, 0.1) is 0 Å². The third-order valence-electron chi connectivity index (χ3n) is 6.21. The van der Waals surface area contributed by atoms with Gasteiger partial charge in [0, 0.05) is 13.0 Å². The second-order valence-electron chi connectivity index (χ2n) is 9.07. The third-order valence-corrected chi connectivity index (χ3v) is 6.21. The number of phenolic OH excluding ortho intramolecular Hbond substituents is 1. The highest BCUT2D eigenvalue weighted by molar-refractivity contribution is 5.94. The zero-order valence-electron chi connectivity index (χ0n) is 20.4. The van der Waals surface area contributed by atoms with E-state index in [0.717, 1.165) is 0 Å². The van der Waals surface area contributed by atoms with Crippen LogP contribution in [0.2, 0.25) is 0 Å². The van der Waals surface area contributed by atoms with Crippen molar-refractivity contribution in [3.05, 3.63) is 29.8 Å². The summed E-state index contributed by atoms with van der Waals surface area (Å²) in [5, 5.41) is 33.9. The summed E-state index contributed by atoms with van der Waals surface area (Å²) in [5.41, 5.74) is 11.9. The number of nitrogens with one attached hydrogen (secondary N) is 2. The summed E-state index contributed by atoms with van der Waals surface area (Å²) in [6.45, 7) is 2.02. The molecule has 0 aromatic heterocycles. The van der Waals surface area contributed by atoms with Gasteiger partial charge in [0.05, 0.1) is 6.10 Å². The minimum atomic E-state index is -1.27. The first-order valence-electron chi connectivity index (χ1n) is 12.1. The molecule has 2 rings (SSSR count). The van der Waals surface area contributed by atoms with Gasteiger partial charge in [-0.2, -0.15) is 0 Å². The molecule has 0 bridgehead atoms. The SMILES string of the molecule is CC(O)C(N)C(=O)NC(Cc1ccc(O)cc1)C(=O)NC(CCCCN)C(=O)N1CCCC1C(=O)O. The van der Waals surface area contributed by atoms with Crippen molar-refractivity contribution in [2.75, 3.05) is 13.1 Å². The first-order chi connectivity index (χ1) is 17.0. The molecule has 0 radical (unpaired) electrons. The molecule has 1 fully saturated rings. The van der Waals surface area contributed by atoms with E-state index < -0.39 is 54.0 Å². The second-order valence-corrected chi connectivity index (χ2v) is 9.07. The minimum absolute atomic E-state index is 0.0234.